The number of aromatic hydroxyl groups is 1. The minimum absolute atomic E-state index is 0.0532. The molecular formula is C25H24N2O3S. The predicted molar refractivity (Wildman–Crippen MR) is 126 cm³/mol. The van der Waals surface area contributed by atoms with Crippen molar-refractivity contribution >= 4 is 37.4 Å². The summed E-state index contributed by atoms with van der Waals surface area (Å²) in [4.78, 5) is 16.3. The average Bonchev–Trinajstić information content (AvgIpc) is 2.96. The monoisotopic (exact) mass is 432 g/mol. The summed E-state index contributed by atoms with van der Waals surface area (Å²) >= 11 is 1.79. The maximum Gasteiger partial charge on any atom is 0.237 e. The molecule has 1 N–H and O–H groups in total. The van der Waals surface area contributed by atoms with E-state index >= 15 is 0 Å². The number of ether oxygens (including phenoxy) is 1. The number of carbonyl (C=O) groups is 1. The van der Waals surface area contributed by atoms with E-state index in [9.17, 15) is 9.90 Å². The van der Waals surface area contributed by atoms with Gasteiger partial charge in [-0.15, -0.1) is 11.3 Å². The first-order valence-corrected chi connectivity index (χ1v) is 11.1. The molecule has 1 aromatic heterocycles. The van der Waals surface area contributed by atoms with Crippen molar-refractivity contribution in [2.45, 2.75) is 6.54 Å². The van der Waals surface area contributed by atoms with Gasteiger partial charge in [-0.3, -0.25) is 4.79 Å². The van der Waals surface area contributed by atoms with Crippen LogP contribution in [0.15, 0.2) is 54.6 Å². The smallest absolute Gasteiger partial charge is 0.237 e. The summed E-state index contributed by atoms with van der Waals surface area (Å²) in [6.07, 6.45) is 0. The molecule has 31 heavy (non-hydrogen) atoms. The zero-order valence-corrected chi connectivity index (χ0v) is 18.4. The number of benzene rings is 3. The predicted octanol–water partition coefficient (Wildman–Crippen LogP) is 4.71. The minimum atomic E-state index is 0.0532. The zero-order valence-electron chi connectivity index (χ0n) is 17.6. The van der Waals surface area contributed by atoms with Gasteiger partial charge < -0.3 is 19.6 Å². The lowest BCUT2D eigenvalue weighted by Crippen LogP contribution is -2.38. The Morgan fingerprint density at radius 2 is 1.87 bits per heavy atom. The number of hydrogen-bond donors (Lipinski definition) is 1. The van der Waals surface area contributed by atoms with Crippen LogP contribution in [0.5, 0.6) is 11.5 Å². The van der Waals surface area contributed by atoms with Gasteiger partial charge in [0, 0.05) is 32.3 Å². The van der Waals surface area contributed by atoms with Gasteiger partial charge in [-0.05, 0) is 55.6 Å². The number of carbonyl (C=O) groups excluding carboxylic acids is 1. The van der Waals surface area contributed by atoms with Crippen LogP contribution in [0.3, 0.4) is 0 Å². The third-order valence-electron chi connectivity index (χ3n) is 5.63. The highest BCUT2D eigenvalue weighted by Crippen LogP contribution is 2.40. The quantitative estimate of drug-likeness (QED) is 0.509. The van der Waals surface area contributed by atoms with E-state index in [0.29, 0.717) is 32.0 Å². The molecule has 0 aliphatic carbocycles. The highest BCUT2D eigenvalue weighted by molar-refractivity contribution is 7.25. The van der Waals surface area contributed by atoms with Gasteiger partial charge >= 0.3 is 0 Å². The maximum absolute atomic E-state index is 12.6. The van der Waals surface area contributed by atoms with Crippen LogP contribution in [0.25, 0.3) is 31.3 Å². The number of rotatable bonds is 3. The maximum atomic E-state index is 12.6. The van der Waals surface area contributed by atoms with Crippen LogP contribution in [0.4, 0.5) is 0 Å². The lowest BCUT2D eigenvalue weighted by atomic mass is 9.99. The SMILES string of the molecule is CN(C)CC(=O)N1CCOc2c(O)cc(-c3ccc4sc5ccccc5c4c3)cc2C1. The van der Waals surface area contributed by atoms with E-state index in [1.165, 1.54) is 20.2 Å². The molecule has 2 heterocycles. The lowest BCUT2D eigenvalue weighted by Gasteiger charge is -2.22. The highest BCUT2D eigenvalue weighted by Gasteiger charge is 2.23. The summed E-state index contributed by atoms with van der Waals surface area (Å²) in [6, 6.07) is 18.6. The van der Waals surface area contributed by atoms with E-state index < -0.39 is 0 Å². The Morgan fingerprint density at radius 1 is 1.06 bits per heavy atom. The van der Waals surface area contributed by atoms with Crippen molar-refractivity contribution in [3.05, 3.63) is 60.2 Å². The summed E-state index contributed by atoms with van der Waals surface area (Å²) in [6.45, 7) is 1.64. The van der Waals surface area contributed by atoms with Crippen molar-refractivity contribution in [3.63, 3.8) is 0 Å². The molecule has 5 nitrogen and oxygen atoms in total. The molecule has 1 aliphatic heterocycles. The Balaban J connectivity index is 1.55. The fourth-order valence-electron chi connectivity index (χ4n) is 4.15. The van der Waals surface area contributed by atoms with E-state index in [4.69, 9.17) is 4.74 Å². The molecule has 0 saturated carbocycles. The molecule has 0 unspecified atom stereocenters. The van der Waals surface area contributed by atoms with Crippen LogP contribution in [-0.4, -0.2) is 54.6 Å². The summed E-state index contributed by atoms with van der Waals surface area (Å²) in [7, 11) is 3.77. The van der Waals surface area contributed by atoms with Gasteiger partial charge in [-0.25, -0.2) is 0 Å². The first-order valence-electron chi connectivity index (χ1n) is 10.3. The second-order valence-electron chi connectivity index (χ2n) is 8.19. The lowest BCUT2D eigenvalue weighted by molar-refractivity contribution is -0.132. The van der Waals surface area contributed by atoms with Crippen molar-refractivity contribution in [2.24, 2.45) is 0 Å². The van der Waals surface area contributed by atoms with Crippen LogP contribution < -0.4 is 4.74 Å². The van der Waals surface area contributed by atoms with E-state index in [2.05, 4.69) is 42.5 Å². The zero-order chi connectivity index (χ0) is 21.5. The van der Waals surface area contributed by atoms with Gasteiger partial charge in [-0.1, -0.05) is 24.3 Å². The number of amides is 1. The molecule has 0 saturated heterocycles. The second kappa shape index (κ2) is 7.87. The van der Waals surface area contributed by atoms with E-state index in [1.807, 2.05) is 25.1 Å². The summed E-state index contributed by atoms with van der Waals surface area (Å²) in [5, 5.41) is 13.2. The molecule has 4 aromatic rings. The Hall–Kier alpha value is -3.09. The van der Waals surface area contributed by atoms with Crippen LogP contribution >= 0.6 is 11.3 Å². The number of phenols is 1. The second-order valence-corrected chi connectivity index (χ2v) is 9.28. The van der Waals surface area contributed by atoms with Crippen LogP contribution in [-0.2, 0) is 11.3 Å². The van der Waals surface area contributed by atoms with Gasteiger partial charge in [0.15, 0.2) is 11.5 Å². The molecule has 3 aromatic carbocycles. The molecule has 1 aliphatic rings. The largest absolute Gasteiger partial charge is 0.504 e. The Kier molecular flexibility index (Phi) is 5.04. The Labute approximate surface area is 185 Å². The highest BCUT2D eigenvalue weighted by atomic mass is 32.1. The fraction of sp³-hybridized carbons (Fsp3) is 0.240. The molecule has 5 rings (SSSR count). The third-order valence-corrected chi connectivity index (χ3v) is 6.78. The number of hydrogen-bond acceptors (Lipinski definition) is 5. The summed E-state index contributed by atoms with van der Waals surface area (Å²) in [5.74, 6) is 0.646. The molecule has 0 spiro atoms. The number of fused-ring (bicyclic) bond motifs is 4. The third kappa shape index (κ3) is 3.73. The summed E-state index contributed by atoms with van der Waals surface area (Å²) < 4.78 is 8.32. The first kappa shape index (κ1) is 19.8. The first-order chi connectivity index (χ1) is 15.0. The van der Waals surface area contributed by atoms with Crippen LogP contribution in [0.2, 0.25) is 0 Å². The van der Waals surface area contributed by atoms with Crippen molar-refractivity contribution in [1.29, 1.82) is 0 Å². The molecule has 0 bridgehead atoms. The molecule has 0 atom stereocenters. The van der Waals surface area contributed by atoms with E-state index in [-0.39, 0.29) is 11.7 Å². The van der Waals surface area contributed by atoms with Crippen LogP contribution in [0.1, 0.15) is 5.56 Å². The molecule has 1 amide bonds. The topological polar surface area (TPSA) is 53.0 Å². The van der Waals surface area contributed by atoms with Gasteiger partial charge in [0.1, 0.15) is 6.61 Å². The van der Waals surface area contributed by atoms with E-state index in [0.717, 1.165) is 16.7 Å². The number of thiophene rings is 1. The van der Waals surface area contributed by atoms with Crippen LogP contribution in [0, 0.1) is 0 Å². The number of likely N-dealkylation sites (N-methyl/N-ethyl adjacent to an activating group) is 1. The average molecular weight is 433 g/mol. The van der Waals surface area contributed by atoms with Gasteiger partial charge in [0.05, 0.1) is 13.1 Å². The number of phenolic OH excluding ortho intramolecular Hbond substituents is 1. The standard InChI is InChI=1S/C25H24N2O3S/c1-26(2)15-24(29)27-9-10-30-25-18(14-27)11-17(13-21(25)28)16-7-8-23-20(12-16)19-5-3-4-6-22(19)31-23/h3-8,11-13,28H,9-10,14-15H2,1-2H3. The molecule has 0 radical (unpaired) electrons. The molecule has 0 fully saturated rings. The van der Waals surface area contributed by atoms with Gasteiger partial charge in [0.2, 0.25) is 5.91 Å². The molecular weight excluding hydrogens is 408 g/mol. The molecule has 6 heteroatoms. The van der Waals surface area contributed by atoms with Crippen molar-refractivity contribution in [1.82, 2.24) is 9.80 Å². The Morgan fingerprint density at radius 3 is 2.71 bits per heavy atom. The van der Waals surface area contributed by atoms with E-state index in [1.54, 1.807) is 22.3 Å². The fourth-order valence-corrected chi connectivity index (χ4v) is 5.24. The van der Waals surface area contributed by atoms with Gasteiger partial charge in [-0.2, -0.15) is 0 Å². The number of nitrogens with zero attached hydrogens (tertiary/aromatic N) is 2. The van der Waals surface area contributed by atoms with Gasteiger partial charge in [0.25, 0.3) is 0 Å². The normalized spacial score (nSPS) is 14.0. The van der Waals surface area contributed by atoms with Crippen molar-refractivity contribution < 1.29 is 14.6 Å². The summed E-state index contributed by atoms with van der Waals surface area (Å²) in [5.41, 5.74) is 2.78. The Bertz CT molecular complexity index is 1290. The van der Waals surface area contributed by atoms with Crippen molar-refractivity contribution in [2.75, 3.05) is 33.8 Å². The van der Waals surface area contributed by atoms with Crippen molar-refractivity contribution in [3.8, 4) is 22.6 Å². The minimum Gasteiger partial charge on any atom is -0.504 e. The molecule has 158 valence electrons.